The number of likely N-dealkylation sites (tertiary alicyclic amines) is 1. The lowest BCUT2D eigenvalue weighted by molar-refractivity contribution is -0.157. The second kappa shape index (κ2) is 14.5. The third-order valence-electron chi connectivity index (χ3n) is 7.96. The number of alkyl carbamates (subject to hydrolysis) is 1. The number of carbonyl (C=O) groups excluding carboxylic acids is 3. The molecule has 2 fully saturated rings. The molecule has 9 heteroatoms. The zero-order valence-corrected chi connectivity index (χ0v) is 23.8. The number of aliphatic hydroxyl groups is 1. The molecule has 4 rings (SSSR count). The van der Waals surface area contributed by atoms with Gasteiger partial charge in [-0.05, 0) is 48.4 Å². The maximum absolute atomic E-state index is 13.5. The van der Waals surface area contributed by atoms with Gasteiger partial charge in [0.15, 0.2) is 0 Å². The van der Waals surface area contributed by atoms with Gasteiger partial charge in [-0.25, -0.2) is 4.79 Å². The molecule has 0 radical (unpaired) electrons. The molecule has 0 spiro atoms. The van der Waals surface area contributed by atoms with Gasteiger partial charge in [-0.3, -0.25) is 9.59 Å². The summed E-state index contributed by atoms with van der Waals surface area (Å²) in [5.41, 5.74) is 1.81. The number of hydrogen-bond donors (Lipinski definition) is 3. The van der Waals surface area contributed by atoms with E-state index < -0.39 is 24.4 Å². The Morgan fingerprint density at radius 2 is 1.80 bits per heavy atom. The molecule has 1 aliphatic heterocycles. The zero-order valence-electron chi connectivity index (χ0n) is 23.1. The molecule has 2 aromatic carbocycles. The number of ether oxygens (including phenoxy) is 1. The van der Waals surface area contributed by atoms with Gasteiger partial charge in [0.05, 0.1) is 6.04 Å². The molecule has 0 bridgehead atoms. The van der Waals surface area contributed by atoms with Crippen LogP contribution in [0.5, 0.6) is 0 Å². The number of nitrogens with one attached hydrogen (secondary N) is 2. The van der Waals surface area contributed by atoms with Crippen molar-refractivity contribution in [2.45, 2.75) is 83.2 Å². The van der Waals surface area contributed by atoms with Gasteiger partial charge in [-0.1, -0.05) is 93.1 Å². The molecule has 3 amide bonds. The molecule has 40 heavy (non-hydrogen) atoms. The van der Waals surface area contributed by atoms with Crippen LogP contribution in [0.3, 0.4) is 0 Å². The van der Waals surface area contributed by atoms with Crippen LogP contribution in [0.2, 0.25) is 5.02 Å². The number of carbonyl (C=O) groups is 3. The van der Waals surface area contributed by atoms with Gasteiger partial charge < -0.3 is 25.4 Å². The fraction of sp³-hybridized carbons (Fsp3) is 0.516. The Hall–Kier alpha value is -3.10. The highest BCUT2D eigenvalue weighted by atomic mass is 35.5. The number of halogens is 1. The van der Waals surface area contributed by atoms with Crippen molar-refractivity contribution in [3.63, 3.8) is 0 Å². The normalized spacial score (nSPS) is 22.4. The Morgan fingerprint density at radius 3 is 2.52 bits per heavy atom. The quantitative estimate of drug-likeness (QED) is 0.380. The summed E-state index contributed by atoms with van der Waals surface area (Å²) < 4.78 is 5.40. The lowest BCUT2D eigenvalue weighted by atomic mass is 9.84. The third-order valence-corrected chi connectivity index (χ3v) is 8.20. The average Bonchev–Trinajstić information content (AvgIpc) is 2.95. The summed E-state index contributed by atoms with van der Waals surface area (Å²) in [5, 5.41) is 17.4. The van der Waals surface area contributed by atoms with Crippen molar-refractivity contribution in [2.75, 3.05) is 6.54 Å². The molecule has 1 aliphatic carbocycles. The minimum absolute atomic E-state index is 0.0293. The van der Waals surface area contributed by atoms with Crippen LogP contribution >= 0.6 is 11.6 Å². The Balaban J connectivity index is 1.39. The van der Waals surface area contributed by atoms with Crippen molar-refractivity contribution in [1.29, 1.82) is 0 Å². The van der Waals surface area contributed by atoms with Crippen LogP contribution in [0.1, 0.15) is 63.0 Å². The van der Waals surface area contributed by atoms with Gasteiger partial charge in [-0.2, -0.15) is 0 Å². The van der Waals surface area contributed by atoms with E-state index in [0.717, 1.165) is 36.8 Å². The fourth-order valence-electron chi connectivity index (χ4n) is 5.73. The Kier molecular flexibility index (Phi) is 10.8. The third kappa shape index (κ3) is 8.45. The first-order valence-corrected chi connectivity index (χ1v) is 14.7. The molecule has 4 atom stereocenters. The molecular weight excluding hydrogens is 530 g/mol. The molecule has 1 saturated carbocycles. The first kappa shape index (κ1) is 29.9. The van der Waals surface area contributed by atoms with Gasteiger partial charge in [0, 0.05) is 17.5 Å². The second-order valence-corrected chi connectivity index (χ2v) is 11.5. The summed E-state index contributed by atoms with van der Waals surface area (Å²) in [6, 6.07) is 15.4. The summed E-state index contributed by atoms with van der Waals surface area (Å²) in [6.07, 6.45) is 4.99. The molecule has 1 saturated heterocycles. The van der Waals surface area contributed by atoms with Crippen molar-refractivity contribution in [1.82, 2.24) is 15.5 Å². The van der Waals surface area contributed by atoms with E-state index in [-0.39, 0.29) is 24.3 Å². The molecule has 1 heterocycles. The monoisotopic (exact) mass is 569 g/mol. The summed E-state index contributed by atoms with van der Waals surface area (Å²) in [4.78, 5) is 40.6. The number of piperidine rings is 1. The van der Waals surface area contributed by atoms with Crippen LogP contribution in [0.15, 0.2) is 54.6 Å². The first-order valence-electron chi connectivity index (χ1n) is 14.3. The summed E-state index contributed by atoms with van der Waals surface area (Å²) in [7, 11) is 0. The highest BCUT2D eigenvalue weighted by Crippen LogP contribution is 2.28. The predicted molar refractivity (Wildman–Crippen MR) is 153 cm³/mol. The maximum atomic E-state index is 13.5. The lowest BCUT2D eigenvalue weighted by Gasteiger charge is -2.41. The second-order valence-electron chi connectivity index (χ2n) is 11.1. The number of rotatable bonds is 10. The van der Waals surface area contributed by atoms with Crippen LogP contribution in [0, 0.1) is 11.8 Å². The molecule has 2 unspecified atom stereocenters. The van der Waals surface area contributed by atoms with Crippen molar-refractivity contribution >= 4 is 29.5 Å². The van der Waals surface area contributed by atoms with E-state index in [0.29, 0.717) is 36.7 Å². The molecule has 8 nitrogen and oxygen atoms in total. The molecule has 0 aromatic heterocycles. The molecule has 216 valence electrons. The Labute approximate surface area is 241 Å². The summed E-state index contributed by atoms with van der Waals surface area (Å²) >= 11 is 6.03. The van der Waals surface area contributed by atoms with E-state index in [1.807, 2.05) is 43.3 Å². The van der Waals surface area contributed by atoms with Gasteiger partial charge in [0.25, 0.3) is 0 Å². The number of hydrogen-bond acceptors (Lipinski definition) is 5. The standard InChI is InChI=1S/C31H40ClN3O5/c1-21-17-27(30(38)35(29(21)37)16-15-22-9-4-2-5-10-22)33-28(36)26(19-23-11-6-3-7-12-23)34-31(39)40-20-24-13-8-14-25(32)18-24/h2,4-5,8-10,13-14,18,21,23,26-27,30,38H,3,6-7,11-12,15-17,19-20H2,1H3,(H,33,36)(H,34,39)/t21?,26-,27-,30?/m0/s1. The number of benzene rings is 2. The lowest BCUT2D eigenvalue weighted by Crippen LogP contribution is -2.62. The van der Waals surface area contributed by atoms with Gasteiger partial charge >= 0.3 is 6.09 Å². The van der Waals surface area contributed by atoms with Gasteiger partial charge in [-0.15, -0.1) is 0 Å². The Bertz CT molecular complexity index is 1140. The average molecular weight is 570 g/mol. The Morgan fingerprint density at radius 1 is 1.07 bits per heavy atom. The van der Waals surface area contributed by atoms with E-state index in [1.54, 1.807) is 18.2 Å². The van der Waals surface area contributed by atoms with Crippen LogP contribution in [-0.2, 0) is 27.4 Å². The van der Waals surface area contributed by atoms with Crippen LogP contribution in [0.4, 0.5) is 4.79 Å². The topological polar surface area (TPSA) is 108 Å². The summed E-state index contributed by atoms with van der Waals surface area (Å²) in [5.74, 6) is -0.539. The van der Waals surface area contributed by atoms with E-state index in [1.165, 1.54) is 11.3 Å². The van der Waals surface area contributed by atoms with Crippen molar-refractivity contribution in [3.05, 3.63) is 70.7 Å². The zero-order chi connectivity index (χ0) is 28.5. The largest absolute Gasteiger partial charge is 0.445 e. The maximum Gasteiger partial charge on any atom is 0.408 e. The SMILES string of the molecule is CC1C[C@H](NC(=O)[C@H](CC2CCCCC2)NC(=O)OCc2cccc(Cl)c2)C(O)N(CCc2ccccc2)C1=O. The highest BCUT2D eigenvalue weighted by molar-refractivity contribution is 6.30. The predicted octanol–water partition coefficient (Wildman–Crippen LogP) is 4.82. The molecular formula is C31H40ClN3O5. The highest BCUT2D eigenvalue weighted by Gasteiger charge is 2.40. The van der Waals surface area contributed by atoms with E-state index in [9.17, 15) is 19.5 Å². The summed E-state index contributed by atoms with van der Waals surface area (Å²) in [6.45, 7) is 2.19. The molecule has 2 aromatic rings. The fourth-order valence-corrected chi connectivity index (χ4v) is 5.95. The first-order chi connectivity index (χ1) is 19.3. The van der Waals surface area contributed by atoms with Crippen LogP contribution < -0.4 is 10.6 Å². The van der Waals surface area contributed by atoms with E-state index in [4.69, 9.17) is 16.3 Å². The van der Waals surface area contributed by atoms with Crippen molar-refractivity contribution in [2.24, 2.45) is 11.8 Å². The van der Waals surface area contributed by atoms with E-state index >= 15 is 0 Å². The van der Waals surface area contributed by atoms with Crippen LogP contribution in [0.25, 0.3) is 0 Å². The van der Waals surface area contributed by atoms with Crippen molar-refractivity contribution in [3.8, 4) is 0 Å². The number of amides is 3. The van der Waals surface area contributed by atoms with Crippen molar-refractivity contribution < 1.29 is 24.2 Å². The minimum atomic E-state index is -1.15. The minimum Gasteiger partial charge on any atom is -0.445 e. The van der Waals surface area contributed by atoms with Crippen LogP contribution in [-0.4, -0.2) is 52.8 Å². The molecule has 2 aliphatic rings. The van der Waals surface area contributed by atoms with Gasteiger partial charge in [0.2, 0.25) is 11.8 Å². The van der Waals surface area contributed by atoms with Gasteiger partial charge in [0.1, 0.15) is 18.9 Å². The van der Waals surface area contributed by atoms with E-state index in [2.05, 4.69) is 10.6 Å². The molecule has 3 N–H and O–H groups in total. The number of nitrogens with zero attached hydrogens (tertiary/aromatic N) is 1. The smallest absolute Gasteiger partial charge is 0.408 e. The number of aliphatic hydroxyl groups excluding tert-OH is 1.